The van der Waals surface area contributed by atoms with E-state index in [1.54, 1.807) is 0 Å². The van der Waals surface area contributed by atoms with Gasteiger partial charge in [-0.05, 0) is 42.5 Å². The van der Waals surface area contributed by atoms with E-state index in [0.29, 0.717) is 4.90 Å². The maximum atomic E-state index is 12.8. The minimum atomic E-state index is -4.84. The SMILES string of the molecule is O=C(C[C@H]1Sc2ccc(C(F)(F)F)cc2NC1=O)Nc1ccc(OC(F)(F)F)cc1. The number of hydrogen-bond donors (Lipinski definition) is 2. The molecule has 0 unspecified atom stereocenters. The minimum Gasteiger partial charge on any atom is -0.406 e. The van der Waals surface area contributed by atoms with E-state index >= 15 is 0 Å². The smallest absolute Gasteiger partial charge is 0.406 e. The fourth-order valence-corrected chi connectivity index (χ4v) is 3.67. The van der Waals surface area contributed by atoms with Crippen molar-refractivity contribution in [3.8, 4) is 5.75 Å². The van der Waals surface area contributed by atoms with Gasteiger partial charge in [-0.2, -0.15) is 13.2 Å². The third kappa shape index (κ3) is 5.59. The summed E-state index contributed by atoms with van der Waals surface area (Å²) in [7, 11) is 0. The molecule has 2 N–H and O–H groups in total. The van der Waals surface area contributed by atoms with Gasteiger partial charge in [0.2, 0.25) is 11.8 Å². The summed E-state index contributed by atoms with van der Waals surface area (Å²) >= 11 is 0.947. The molecule has 2 aromatic carbocycles. The van der Waals surface area contributed by atoms with Gasteiger partial charge < -0.3 is 15.4 Å². The van der Waals surface area contributed by atoms with Crippen LogP contribution in [0.2, 0.25) is 0 Å². The number of fused-ring (bicyclic) bond motifs is 1. The van der Waals surface area contributed by atoms with E-state index in [0.717, 1.165) is 36.0 Å². The Balaban J connectivity index is 1.61. The molecule has 0 spiro atoms. The number of thioether (sulfide) groups is 1. The van der Waals surface area contributed by atoms with Crippen molar-refractivity contribution < 1.29 is 40.7 Å². The predicted octanol–water partition coefficient (Wildman–Crippen LogP) is 5.05. The van der Waals surface area contributed by atoms with Crippen molar-refractivity contribution in [1.82, 2.24) is 0 Å². The fraction of sp³-hybridized carbons (Fsp3) is 0.222. The summed E-state index contributed by atoms with van der Waals surface area (Å²) < 4.78 is 78.5. The number of hydrogen-bond acceptors (Lipinski definition) is 4. The molecule has 0 bridgehead atoms. The van der Waals surface area contributed by atoms with Gasteiger partial charge in [-0.25, -0.2) is 0 Å². The molecule has 0 radical (unpaired) electrons. The van der Waals surface area contributed by atoms with Gasteiger partial charge in [0.05, 0.1) is 16.5 Å². The number of alkyl halides is 6. The summed E-state index contributed by atoms with van der Waals surface area (Å²) in [4.78, 5) is 24.7. The minimum absolute atomic E-state index is 0.0109. The van der Waals surface area contributed by atoms with Crippen molar-refractivity contribution in [1.29, 1.82) is 0 Å². The van der Waals surface area contributed by atoms with Crippen LogP contribution in [0.5, 0.6) is 5.75 Å². The van der Waals surface area contributed by atoms with Crippen LogP contribution < -0.4 is 15.4 Å². The van der Waals surface area contributed by atoms with E-state index < -0.39 is 40.9 Å². The van der Waals surface area contributed by atoms with Crippen molar-refractivity contribution in [2.24, 2.45) is 0 Å². The van der Waals surface area contributed by atoms with Crippen LogP contribution in [0.15, 0.2) is 47.4 Å². The second-order valence-electron chi connectivity index (χ2n) is 6.13. The van der Waals surface area contributed by atoms with Crippen LogP contribution in [-0.2, 0) is 15.8 Å². The quantitative estimate of drug-likeness (QED) is 0.641. The zero-order chi connectivity index (χ0) is 22.1. The lowest BCUT2D eigenvalue weighted by Gasteiger charge is -2.24. The highest BCUT2D eigenvalue weighted by Gasteiger charge is 2.34. The van der Waals surface area contributed by atoms with Crippen molar-refractivity contribution in [2.45, 2.75) is 29.1 Å². The second-order valence-corrected chi connectivity index (χ2v) is 7.37. The summed E-state index contributed by atoms with van der Waals surface area (Å²) in [5, 5.41) is 3.91. The van der Waals surface area contributed by atoms with Gasteiger partial charge in [0.15, 0.2) is 0 Å². The van der Waals surface area contributed by atoms with Gasteiger partial charge in [-0.15, -0.1) is 24.9 Å². The molecular formula is C18H12F6N2O3S. The Labute approximate surface area is 169 Å². The van der Waals surface area contributed by atoms with Gasteiger partial charge in [-0.3, -0.25) is 9.59 Å². The molecule has 0 saturated heterocycles. The molecule has 160 valence electrons. The van der Waals surface area contributed by atoms with Crippen LogP contribution in [0.25, 0.3) is 0 Å². The first-order valence-electron chi connectivity index (χ1n) is 8.25. The molecule has 1 aliphatic heterocycles. The van der Waals surface area contributed by atoms with Crippen LogP contribution in [0.4, 0.5) is 37.7 Å². The predicted molar refractivity (Wildman–Crippen MR) is 96.1 cm³/mol. The normalized spacial score (nSPS) is 16.5. The van der Waals surface area contributed by atoms with E-state index in [1.807, 2.05) is 0 Å². The first kappa shape index (κ1) is 21.8. The van der Waals surface area contributed by atoms with Crippen LogP contribution in [0.1, 0.15) is 12.0 Å². The van der Waals surface area contributed by atoms with E-state index in [4.69, 9.17) is 0 Å². The van der Waals surface area contributed by atoms with Gasteiger partial charge in [0, 0.05) is 17.0 Å². The molecule has 2 amide bonds. The number of rotatable bonds is 4. The number of carbonyl (C=O) groups is 2. The molecule has 0 aromatic heterocycles. The average molecular weight is 450 g/mol. The van der Waals surface area contributed by atoms with Crippen molar-refractivity contribution in [3.05, 3.63) is 48.0 Å². The summed E-state index contributed by atoms with van der Waals surface area (Å²) in [6.07, 6.45) is -9.69. The van der Waals surface area contributed by atoms with E-state index in [-0.39, 0.29) is 17.8 Å². The number of ether oxygens (including phenoxy) is 1. The highest BCUT2D eigenvalue weighted by atomic mass is 32.2. The summed E-state index contributed by atoms with van der Waals surface area (Å²) in [5.41, 5.74) is -0.709. The molecule has 1 heterocycles. The van der Waals surface area contributed by atoms with Gasteiger partial charge in [0.1, 0.15) is 5.75 Å². The molecule has 0 saturated carbocycles. The van der Waals surface area contributed by atoms with Gasteiger partial charge in [-0.1, -0.05) is 0 Å². The molecule has 1 atom stereocenters. The van der Waals surface area contributed by atoms with Crippen LogP contribution in [0.3, 0.4) is 0 Å². The number of anilines is 2. The molecule has 1 aliphatic rings. The standard InChI is InChI=1S/C18H12F6N2O3S/c19-17(20,21)9-1-6-13-12(7-9)26-16(28)14(30-13)8-15(27)25-10-2-4-11(5-3-10)29-18(22,23)24/h1-7,14H,8H2,(H,25,27)(H,26,28)/t14-/m1/s1. The average Bonchev–Trinajstić information content (AvgIpc) is 2.61. The van der Waals surface area contributed by atoms with Crippen molar-refractivity contribution >= 4 is 35.0 Å². The highest BCUT2D eigenvalue weighted by Crippen LogP contribution is 2.40. The maximum Gasteiger partial charge on any atom is 0.573 e. The molecule has 0 fully saturated rings. The number of carbonyl (C=O) groups excluding carboxylic acids is 2. The first-order chi connectivity index (χ1) is 13.9. The Kier molecular flexibility index (Phi) is 5.88. The Morgan fingerprint density at radius 1 is 1.07 bits per heavy atom. The Morgan fingerprint density at radius 2 is 1.73 bits per heavy atom. The molecule has 2 aromatic rings. The van der Waals surface area contributed by atoms with E-state index in [1.165, 1.54) is 18.2 Å². The molecule has 12 heteroatoms. The highest BCUT2D eigenvalue weighted by molar-refractivity contribution is 8.01. The van der Waals surface area contributed by atoms with E-state index in [9.17, 15) is 35.9 Å². The zero-order valence-electron chi connectivity index (χ0n) is 14.7. The Morgan fingerprint density at radius 3 is 2.33 bits per heavy atom. The Hall–Kier alpha value is -2.89. The molecule has 30 heavy (non-hydrogen) atoms. The number of nitrogens with one attached hydrogen (secondary N) is 2. The van der Waals surface area contributed by atoms with Gasteiger partial charge >= 0.3 is 12.5 Å². The monoisotopic (exact) mass is 450 g/mol. The fourth-order valence-electron chi connectivity index (χ4n) is 2.58. The first-order valence-corrected chi connectivity index (χ1v) is 9.13. The molecular weight excluding hydrogens is 438 g/mol. The van der Waals surface area contributed by atoms with Crippen LogP contribution in [-0.4, -0.2) is 23.4 Å². The lowest BCUT2D eigenvalue weighted by molar-refractivity contribution is -0.274. The summed E-state index contributed by atoms with van der Waals surface area (Å²) in [5.74, 6) is -1.68. The second kappa shape index (κ2) is 8.09. The number of halogens is 6. The van der Waals surface area contributed by atoms with Crippen LogP contribution in [0, 0.1) is 0 Å². The lowest BCUT2D eigenvalue weighted by atomic mass is 10.1. The molecule has 3 rings (SSSR count). The zero-order valence-corrected chi connectivity index (χ0v) is 15.5. The van der Waals surface area contributed by atoms with Gasteiger partial charge in [0.25, 0.3) is 0 Å². The number of benzene rings is 2. The number of amides is 2. The summed E-state index contributed by atoms with van der Waals surface area (Å²) in [6.45, 7) is 0. The molecule has 5 nitrogen and oxygen atoms in total. The van der Waals surface area contributed by atoms with Crippen molar-refractivity contribution in [2.75, 3.05) is 10.6 Å². The third-order valence-corrected chi connectivity index (χ3v) is 5.14. The van der Waals surface area contributed by atoms with Crippen molar-refractivity contribution in [3.63, 3.8) is 0 Å². The Bertz CT molecular complexity index is 960. The summed E-state index contributed by atoms with van der Waals surface area (Å²) in [6, 6.07) is 7.33. The van der Waals surface area contributed by atoms with Crippen LogP contribution >= 0.6 is 11.8 Å². The lowest BCUT2D eigenvalue weighted by Crippen LogP contribution is -2.32. The van der Waals surface area contributed by atoms with E-state index in [2.05, 4.69) is 15.4 Å². The largest absolute Gasteiger partial charge is 0.573 e. The topological polar surface area (TPSA) is 67.4 Å². The molecule has 0 aliphatic carbocycles. The third-order valence-electron chi connectivity index (χ3n) is 3.87. The maximum absolute atomic E-state index is 12.8.